The second-order valence-corrected chi connectivity index (χ2v) is 5.55. The lowest BCUT2D eigenvalue weighted by Gasteiger charge is -2.11. The Labute approximate surface area is 148 Å². The Bertz CT molecular complexity index is 705. The van der Waals surface area contributed by atoms with Crippen LogP contribution in [0.3, 0.4) is 0 Å². The summed E-state index contributed by atoms with van der Waals surface area (Å²) in [5, 5.41) is 13.5. The van der Waals surface area contributed by atoms with Crippen molar-refractivity contribution in [3.05, 3.63) is 53.3 Å². The second kappa shape index (κ2) is 9.46. The number of carbonyl (C=O) groups excluding carboxylic acids is 1. The van der Waals surface area contributed by atoms with E-state index in [1.165, 1.54) is 0 Å². The molecule has 0 atom stereocenters. The van der Waals surface area contributed by atoms with Crippen molar-refractivity contribution in [2.24, 2.45) is 12.0 Å². The first kappa shape index (κ1) is 18.5. The molecule has 1 aromatic carbocycles. The zero-order valence-electron chi connectivity index (χ0n) is 15.0. The highest BCUT2D eigenvalue weighted by Gasteiger charge is 2.04. The molecule has 2 rings (SSSR count). The third-order valence-electron chi connectivity index (χ3n) is 3.68. The van der Waals surface area contributed by atoms with Gasteiger partial charge in [-0.2, -0.15) is 5.10 Å². The SMILES string of the molecule is CCNC(=O)c1ccc(CN=C(NCC)NCc2ccnn2C)cc1. The van der Waals surface area contributed by atoms with Crippen LogP contribution in [0.2, 0.25) is 0 Å². The summed E-state index contributed by atoms with van der Waals surface area (Å²) in [6, 6.07) is 9.48. The molecule has 1 heterocycles. The molecule has 134 valence electrons. The molecule has 1 amide bonds. The van der Waals surface area contributed by atoms with Gasteiger partial charge in [0.15, 0.2) is 5.96 Å². The van der Waals surface area contributed by atoms with Gasteiger partial charge in [-0.05, 0) is 37.6 Å². The molecule has 0 saturated carbocycles. The van der Waals surface area contributed by atoms with E-state index in [2.05, 4.69) is 26.0 Å². The zero-order chi connectivity index (χ0) is 18.1. The average Bonchev–Trinajstić information content (AvgIpc) is 3.03. The lowest BCUT2D eigenvalue weighted by Crippen LogP contribution is -2.37. The molecule has 25 heavy (non-hydrogen) atoms. The van der Waals surface area contributed by atoms with Crippen molar-refractivity contribution < 1.29 is 4.79 Å². The molecular weight excluding hydrogens is 316 g/mol. The van der Waals surface area contributed by atoms with Gasteiger partial charge in [0.1, 0.15) is 0 Å². The molecule has 0 saturated heterocycles. The second-order valence-electron chi connectivity index (χ2n) is 5.55. The predicted octanol–water partition coefficient (Wildman–Crippen LogP) is 1.43. The van der Waals surface area contributed by atoms with Crippen molar-refractivity contribution >= 4 is 11.9 Å². The number of hydrogen-bond donors (Lipinski definition) is 3. The highest BCUT2D eigenvalue weighted by molar-refractivity contribution is 5.94. The number of aryl methyl sites for hydroxylation is 1. The molecule has 2 aromatic rings. The maximum Gasteiger partial charge on any atom is 0.251 e. The van der Waals surface area contributed by atoms with Gasteiger partial charge in [0.05, 0.1) is 18.8 Å². The number of nitrogens with one attached hydrogen (secondary N) is 3. The van der Waals surface area contributed by atoms with Gasteiger partial charge in [0, 0.05) is 31.9 Å². The highest BCUT2D eigenvalue weighted by Crippen LogP contribution is 2.06. The van der Waals surface area contributed by atoms with E-state index in [0.29, 0.717) is 25.2 Å². The van der Waals surface area contributed by atoms with Crippen molar-refractivity contribution in [2.45, 2.75) is 26.9 Å². The minimum absolute atomic E-state index is 0.0521. The molecule has 1 aromatic heterocycles. The lowest BCUT2D eigenvalue weighted by atomic mass is 10.1. The molecule has 0 aliphatic carbocycles. The fourth-order valence-electron chi connectivity index (χ4n) is 2.29. The molecular formula is C18H26N6O. The highest BCUT2D eigenvalue weighted by atomic mass is 16.1. The van der Waals surface area contributed by atoms with Gasteiger partial charge in [0.2, 0.25) is 0 Å². The van der Waals surface area contributed by atoms with Gasteiger partial charge in [-0.1, -0.05) is 12.1 Å². The summed E-state index contributed by atoms with van der Waals surface area (Å²) >= 11 is 0. The van der Waals surface area contributed by atoms with E-state index >= 15 is 0 Å². The molecule has 0 bridgehead atoms. The van der Waals surface area contributed by atoms with Crippen molar-refractivity contribution in [1.29, 1.82) is 0 Å². The van der Waals surface area contributed by atoms with Crippen LogP contribution in [0.1, 0.15) is 35.5 Å². The summed E-state index contributed by atoms with van der Waals surface area (Å²) < 4.78 is 1.83. The van der Waals surface area contributed by atoms with Crippen LogP contribution in [0.25, 0.3) is 0 Å². The maximum absolute atomic E-state index is 11.8. The fourth-order valence-corrected chi connectivity index (χ4v) is 2.29. The Morgan fingerprint density at radius 1 is 1.08 bits per heavy atom. The number of nitrogens with zero attached hydrogens (tertiary/aromatic N) is 3. The lowest BCUT2D eigenvalue weighted by molar-refractivity contribution is 0.0956. The van der Waals surface area contributed by atoms with E-state index in [0.717, 1.165) is 23.8 Å². The number of rotatable bonds is 7. The Morgan fingerprint density at radius 3 is 2.40 bits per heavy atom. The van der Waals surface area contributed by atoms with Crippen LogP contribution >= 0.6 is 0 Å². The largest absolute Gasteiger partial charge is 0.357 e. The molecule has 0 radical (unpaired) electrons. The predicted molar refractivity (Wildman–Crippen MR) is 99.3 cm³/mol. The molecule has 0 spiro atoms. The first-order valence-electron chi connectivity index (χ1n) is 8.50. The number of amides is 1. The number of aromatic nitrogens is 2. The van der Waals surface area contributed by atoms with Crippen molar-refractivity contribution in [1.82, 2.24) is 25.7 Å². The quantitative estimate of drug-likeness (QED) is 0.525. The first-order chi connectivity index (χ1) is 12.1. The van der Waals surface area contributed by atoms with Crippen LogP contribution in [0.4, 0.5) is 0 Å². The van der Waals surface area contributed by atoms with E-state index in [1.54, 1.807) is 6.20 Å². The van der Waals surface area contributed by atoms with Crippen molar-refractivity contribution in [2.75, 3.05) is 13.1 Å². The van der Waals surface area contributed by atoms with Gasteiger partial charge < -0.3 is 16.0 Å². The minimum Gasteiger partial charge on any atom is -0.357 e. The van der Waals surface area contributed by atoms with Crippen LogP contribution in [-0.2, 0) is 20.1 Å². The van der Waals surface area contributed by atoms with Crippen LogP contribution in [0.5, 0.6) is 0 Å². The maximum atomic E-state index is 11.8. The topological polar surface area (TPSA) is 83.3 Å². The summed E-state index contributed by atoms with van der Waals surface area (Å²) in [6.07, 6.45) is 1.78. The normalized spacial score (nSPS) is 11.2. The first-order valence-corrected chi connectivity index (χ1v) is 8.50. The van der Waals surface area contributed by atoms with E-state index in [9.17, 15) is 4.79 Å². The van der Waals surface area contributed by atoms with E-state index in [4.69, 9.17) is 0 Å². The smallest absolute Gasteiger partial charge is 0.251 e. The molecule has 3 N–H and O–H groups in total. The Balaban J connectivity index is 1.95. The van der Waals surface area contributed by atoms with Crippen LogP contribution in [0, 0.1) is 0 Å². The van der Waals surface area contributed by atoms with Crippen molar-refractivity contribution in [3.63, 3.8) is 0 Å². The molecule has 0 aliphatic heterocycles. The van der Waals surface area contributed by atoms with Gasteiger partial charge in [0.25, 0.3) is 5.91 Å². The molecule has 7 heteroatoms. The molecule has 0 fully saturated rings. The van der Waals surface area contributed by atoms with E-state index in [-0.39, 0.29) is 5.91 Å². The Kier molecular flexibility index (Phi) is 7.00. The average molecular weight is 342 g/mol. The van der Waals surface area contributed by atoms with Crippen LogP contribution in [-0.4, -0.2) is 34.7 Å². The summed E-state index contributed by atoms with van der Waals surface area (Å²) in [7, 11) is 1.91. The van der Waals surface area contributed by atoms with E-state index in [1.807, 2.05) is 55.9 Å². The van der Waals surface area contributed by atoms with E-state index < -0.39 is 0 Å². The monoisotopic (exact) mass is 342 g/mol. The number of aliphatic imine (C=N–C) groups is 1. The third-order valence-corrected chi connectivity index (χ3v) is 3.68. The van der Waals surface area contributed by atoms with Crippen molar-refractivity contribution in [3.8, 4) is 0 Å². The molecule has 0 aliphatic rings. The number of benzene rings is 1. The Morgan fingerprint density at radius 2 is 1.80 bits per heavy atom. The number of carbonyl (C=O) groups is 1. The summed E-state index contributed by atoms with van der Waals surface area (Å²) in [6.45, 7) is 6.53. The summed E-state index contributed by atoms with van der Waals surface area (Å²) in [4.78, 5) is 16.4. The third kappa shape index (κ3) is 5.63. The fraction of sp³-hybridized carbons (Fsp3) is 0.389. The molecule has 0 unspecified atom stereocenters. The standard InChI is InChI=1S/C18H26N6O/c1-4-19-17(25)15-8-6-14(7-9-15)12-21-18(20-5-2)22-13-16-10-11-23-24(16)3/h6-11H,4-5,12-13H2,1-3H3,(H,19,25)(H2,20,21,22). The van der Waals surface area contributed by atoms with Gasteiger partial charge in [-0.25, -0.2) is 4.99 Å². The summed E-state index contributed by atoms with van der Waals surface area (Å²) in [5.74, 6) is 0.695. The van der Waals surface area contributed by atoms with Gasteiger partial charge in [-0.15, -0.1) is 0 Å². The van der Waals surface area contributed by atoms with Crippen LogP contribution in [0.15, 0.2) is 41.5 Å². The van der Waals surface area contributed by atoms with Gasteiger partial charge >= 0.3 is 0 Å². The number of hydrogen-bond acceptors (Lipinski definition) is 3. The summed E-state index contributed by atoms with van der Waals surface area (Å²) in [5.41, 5.74) is 2.79. The zero-order valence-corrected chi connectivity index (χ0v) is 15.0. The number of guanidine groups is 1. The minimum atomic E-state index is -0.0521. The van der Waals surface area contributed by atoms with Gasteiger partial charge in [-0.3, -0.25) is 9.48 Å². The Hall–Kier alpha value is -2.83. The van der Waals surface area contributed by atoms with Crippen LogP contribution < -0.4 is 16.0 Å². The molecule has 7 nitrogen and oxygen atoms in total.